The van der Waals surface area contributed by atoms with Crippen LogP contribution < -0.4 is 5.73 Å². The molecule has 3 nitrogen and oxygen atoms in total. The number of oxazole rings is 1. The van der Waals surface area contributed by atoms with Crippen LogP contribution in [0.15, 0.2) is 10.6 Å². The number of nitrogen functional groups attached to an aromatic ring is 1. The molecule has 0 saturated heterocycles. The molecule has 2 N–H and O–H groups in total. The first-order valence-electron chi connectivity index (χ1n) is 6.98. The van der Waals surface area contributed by atoms with Crippen molar-refractivity contribution in [2.75, 3.05) is 5.73 Å². The van der Waals surface area contributed by atoms with E-state index in [-0.39, 0.29) is 0 Å². The van der Waals surface area contributed by atoms with Crippen molar-refractivity contribution in [3.8, 4) is 0 Å². The molecule has 4 bridgehead atoms. The minimum absolute atomic E-state index is 0.462. The molecule has 0 aliphatic heterocycles. The van der Waals surface area contributed by atoms with Gasteiger partial charge >= 0.3 is 0 Å². The molecule has 4 fully saturated rings. The van der Waals surface area contributed by atoms with E-state index in [1.807, 2.05) is 0 Å². The average Bonchev–Trinajstić information content (AvgIpc) is 2.68. The van der Waals surface area contributed by atoms with Crippen LogP contribution in [0.4, 0.5) is 5.88 Å². The maximum Gasteiger partial charge on any atom is 0.211 e. The highest BCUT2D eigenvalue weighted by atomic mass is 16.4. The molecule has 0 radical (unpaired) electrons. The molecular weight excluding hydrogens is 212 g/mol. The van der Waals surface area contributed by atoms with Gasteiger partial charge in [0.05, 0.1) is 6.20 Å². The fourth-order valence-electron chi connectivity index (χ4n) is 4.99. The molecule has 0 aromatic carbocycles. The smallest absolute Gasteiger partial charge is 0.211 e. The lowest BCUT2D eigenvalue weighted by molar-refractivity contribution is -0.0381. The van der Waals surface area contributed by atoms with Crippen molar-refractivity contribution >= 4 is 5.88 Å². The first-order valence-corrected chi connectivity index (χ1v) is 6.98. The number of anilines is 1. The van der Waals surface area contributed by atoms with Gasteiger partial charge in [-0.05, 0) is 61.7 Å². The van der Waals surface area contributed by atoms with Gasteiger partial charge in [-0.15, -0.1) is 0 Å². The molecule has 0 unspecified atom stereocenters. The summed E-state index contributed by atoms with van der Waals surface area (Å²) in [5, 5.41) is 0. The molecular formula is C14H20N2O. The Kier molecular flexibility index (Phi) is 2.06. The molecule has 0 amide bonds. The van der Waals surface area contributed by atoms with Crippen LogP contribution in [0.2, 0.25) is 0 Å². The van der Waals surface area contributed by atoms with E-state index in [2.05, 4.69) is 4.98 Å². The summed E-state index contributed by atoms with van der Waals surface area (Å²) in [6.07, 6.45) is 10.0. The van der Waals surface area contributed by atoms with E-state index < -0.39 is 0 Å². The van der Waals surface area contributed by atoms with Crippen LogP contribution in [-0.2, 0) is 6.42 Å². The van der Waals surface area contributed by atoms with Crippen LogP contribution in [-0.4, -0.2) is 4.98 Å². The molecule has 5 rings (SSSR count). The van der Waals surface area contributed by atoms with E-state index in [0.29, 0.717) is 5.88 Å². The summed E-state index contributed by atoms with van der Waals surface area (Å²) in [6, 6.07) is 0. The van der Waals surface area contributed by atoms with Crippen LogP contribution in [0.5, 0.6) is 0 Å². The summed E-state index contributed by atoms with van der Waals surface area (Å²) in [5.41, 5.74) is 5.60. The molecule has 4 aliphatic rings. The van der Waals surface area contributed by atoms with Gasteiger partial charge in [0.1, 0.15) is 0 Å². The lowest BCUT2D eigenvalue weighted by atomic mass is 9.51. The Bertz CT molecular complexity index is 398. The van der Waals surface area contributed by atoms with Crippen molar-refractivity contribution in [1.29, 1.82) is 0 Å². The SMILES string of the molecule is Nc1cnc(CC2C3CC4CC(C3)CC2C4)o1. The summed E-state index contributed by atoms with van der Waals surface area (Å²) >= 11 is 0. The van der Waals surface area contributed by atoms with Gasteiger partial charge in [0.25, 0.3) is 0 Å². The summed E-state index contributed by atoms with van der Waals surface area (Å²) < 4.78 is 5.46. The Labute approximate surface area is 102 Å². The Morgan fingerprint density at radius 1 is 1.12 bits per heavy atom. The van der Waals surface area contributed by atoms with Gasteiger partial charge in [0, 0.05) is 6.42 Å². The quantitative estimate of drug-likeness (QED) is 0.853. The zero-order valence-corrected chi connectivity index (χ0v) is 10.1. The molecule has 1 aromatic heterocycles. The van der Waals surface area contributed by atoms with Crippen LogP contribution in [0.25, 0.3) is 0 Å². The minimum Gasteiger partial charge on any atom is -0.426 e. The first kappa shape index (κ1) is 9.98. The Balaban J connectivity index is 1.54. The van der Waals surface area contributed by atoms with Gasteiger partial charge in [0.2, 0.25) is 5.88 Å². The fourth-order valence-corrected chi connectivity index (χ4v) is 4.99. The number of rotatable bonds is 2. The number of nitrogens with zero attached hydrogens (tertiary/aromatic N) is 1. The molecule has 4 saturated carbocycles. The van der Waals surface area contributed by atoms with Crippen LogP contribution in [0.1, 0.15) is 38.0 Å². The minimum atomic E-state index is 0.462. The molecule has 1 heterocycles. The Morgan fingerprint density at radius 2 is 1.76 bits per heavy atom. The predicted molar refractivity (Wildman–Crippen MR) is 65.2 cm³/mol. The summed E-state index contributed by atoms with van der Waals surface area (Å²) in [4.78, 5) is 4.28. The van der Waals surface area contributed by atoms with Gasteiger partial charge in [-0.3, -0.25) is 0 Å². The Hall–Kier alpha value is -0.990. The number of hydrogen-bond acceptors (Lipinski definition) is 3. The van der Waals surface area contributed by atoms with E-state index in [4.69, 9.17) is 10.2 Å². The molecule has 4 aliphatic carbocycles. The second-order valence-electron chi connectivity index (χ2n) is 6.46. The van der Waals surface area contributed by atoms with Crippen LogP contribution in [0, 0.1) is 29.6 Å². The first-order chi connectivity index (χ1) is 8.28. The maximum absolute atomic E-state index is 5.60. The standard InChI is InChI=1S/C14H20N2O/c15-13-7-16-14(17-13)6-12-10-2-8-1-9(4-10)5-11(12)3-8/h7-12H,1-6,15H2. The Morgan fingerprint density at radius 3 is 2.29 bits per heavy atom. The largest absolute Gasteiger partial charge is 0.426 e. The second-order valence-corrected chi connectivity index (χ2v) is 6.46. The lowest BCUT2D eigenvalue weighted by Gasteiger charge is -2.54. The van der Waals surface area contributed by atoms with Crippen molar-refractivity contribution in [3.63, 3.8) is 0 Å². The second kappa shape index (κ2) is 3.50. The highest BCUT2D eigenvalue weighted by molar-refractivity contribution is 5.18. The predicted octanol–water partition coefficient (Wildman–Crippen LogP) is 2.87. The lowest BCUT2D eigenvalue weighted by Crippen LogP contribution is -2.45. The maximum atomic E-state index is 5.60. The third kappa shape index (κ3) is 1.59. The van der Waals surface area contributed by atoms with E-state index in [1.54, 1.807) is 6.20 Å². The van der Waals surface area contributed by atoms with Gasteiger partial charge < -0.3 is 10.2 Å². The van der Waals surface area contributed by atoms with E-state index in [1.165, 1.54) is 32.1 Å². The van der Waals surface area contributed by atoms with E-state index in [0.717, 1.165) is 41.9 Å². The summed E-state index contributed by atoms with van der Waals surface area (Å²) in [7, 11) is 0. The van der Waals surface area contributed by atoms with Gasteiger partial charge in [-0.2, -0.15) is 0 Å². The zero-order chi connectivity index (χ0) is 11.4. The number of hydrogen-bond donors (Lipinski definition) is 1. The zero-order valence-electron chi connectivity index (χ0n) is 10.1. The van der Waals surface area contributed by atoms with Gasteiger partial charge in [-0.1, -0.05) is 0 Å². The fraction of sp³-hybridized carbons (Fsp3) is 0.786. The summed E-state index contributed by atoms with van der Waals surface area (Å²) in [6.45, 7) is 0. The molecule has 92 valence electrons. The van der Waals surface area contributed by atoms with Gasteiger partial charge in [-0.25, -0.2) is 4.98 Å². The normalized spacial score (nSPS) is 43.2. The molecule has 1 aromatic rings. The van der Waals surface area contributed by atoms with E-state index >= 15 is 0 Å². The molecule has 3 heteroatoms. The van der Waals surface area contributed by atoms with Crippen LogP contribution in [0.3, 0.4) is 0 Å². The van der Waals surface area contributed by atoms with Crippen molar-refractivity contribution in [1.82, 2.24) is 4.98 Å². The van der Waals surface area contributed by atoms with Crippen LogP contribution >= 0.6 is 0 Å². The topological polar surface area (TPSA) is 52.0 Å². The van der Waals surface area contributed by atoms with Crippen molar-refractivity contribution < 1.29 is 4.42 Å². The van der Waals surface area contributed by atoms with Crippen molar-refractivity contribution in [2.24, 2.45) is 29.6 Å². The summed E-state index contributed by atoms with van der Waals surface area (Å²) in [5.74, 6) is 6.12. The highest BCUT2D eigenvalue weighted by Crippen LogP contribution is 2.57. The third-order valence-corrected chi connectivity index (χ3v) is 5.40. The van der Waals surface area contributed by atoms with Gasteiger partial charge in [0.15, 0.2) is 5.89 Å². The van der Waals surface area contributed by atoms with Crippen molar-refractivity contribution in [2.45, 2.75) is 38.5 Å². The monoisotopic (exact) mass is 232 g/mol. The third-order valence-electron chi connectivity index (χ3n) is 5.40. The highest BCUT2D eigenvalue weighted by Gasteiger charge is 2.48. The molecule has 17 heavy (non-hydrogen) atoms. The van der Waals surface area contributed by atoms with Crippen molar-refractivity contribution in [3.05, 3.63) is 12.1 Å². The average molecular weight is 232 g/mol. The van der Waals surface area contributed by atoms with E-state index in [9.17, 15) is 0 Å². The molecule has 0 spiro atoms. The number of nitrogens with two attached hydrogens (primary N) is 1. The molecule has 0 atom stereocenters. The number of aromatic nitrogens is 1.